The van der Waals surface area contributed by atoms with Crippen LogP contribution < -0.4 is 4.74 Å². The minimum Gasteiger partial charge on any atom is -0.507 e. The van der Waals surface area contributed by atoms with E-state index in [4.69, 9.17) is 4.74 Å². The van der Waals surface area contributed by atoms with Crippen molar-refractivity contribution in [1.82, 2.24) is 9.97 Å². The monoisotopic (exact) mass is 370 g/mol. The SMILES string of the molecule is Cc1cc(OCc2ccc(Br)cc2)nc(-c2ccccc2O)n1. The molecule has 0 saturated carbocycles. The molecule has 0 saturated heterocycles. The molecule has 1 N–H and O–H groups in total. The van der Waals surface area contributed by atoms with Crippen molar-refractivity contribution in [3.63, 3.8) is 0 Å². The Kier molecular flexibility index (Phi) is 4.57. The van der Waals surface area contributed by atoms with E-state index < -0.39 is 0 Å². The van der Waals surface area contributed by atoms with Gasteiger partial charge in [0.15, 0.2) is 5.82 Å². The average Bonchev–Trinajstić information content (AvgIpc) is 2.54. The third-order valence-electron chi connectivity index (χ3n) is 3.28. The van der Waals surface area contributed by atoms with E-state index in [9.17, 15) is 5.11 Å². The van der Waals surface area contributed by atoms with Gasteiger partial charge in [-0.1, -0.05) is 40.2 Å². The van der Waals surface area contributed by atoms with E-state index in [0.717, 1.165) is 15.7 Å². The molecule has 1 aromatic heterocycles. The molecule has 23 heavy (non-hydrogen) atoms. The van der Waals surface area contributed by atoms with E-state index in [1.807, 2.05) is 37.3 Å². The van der Waals surface area contributed by atoms with Crippen molar-refractivity contribution in [1.29, 1.82) is 0 Å². The fourth-order valence-electron chi connectivity index (χ4n) is 2.13. The van der Waals surface area contributed by atoms with Crippen molar-refractivity contribution in [3.05, 3.63) is 70.3 Å². The highest BCUT2D eigenvalue weighted by Gasteiger charge is 2.09. The molecule has 0 aliphatic rings. The molecule has 0 spiro atoms. The van der Waals surface area contributed by atoms with Crippen LogP contribution in [0.25, 0.3) is 11.4 Å². The van der Waals surface area contributed by atoms with E-state index in [0.29, 0.717) is 23.9 Å². The number of phenols is 1. The molecular formula is C18H15BrN2O2. The fraction of sp³-hybridized carbons (Fsp3) is 0.111. The smallest absolute Gasteiger partial charge is 0.217 e. The zero-order valence-electron chi connectivity index (χ0n) is 12.5. The standard InChI is InChI=1S/C18H15BrN2O2/c1-12-10-17(23-11-13-6-8-14(19)9-7-13)21-18(20-12)15-4-2-3-5-16(15)22/h2-10,22H,11H2,1H3. The lowest BCUT2D eigenvalue weighted by molar-refractivity contribution is 0.293. The number of aromatic nitrogens is 2. The van der Waals surface area contributed by atoms with Crippen molar-refractivity contribution in [2.45, 2.75) is 13.5 Å². The summed E-state index contributed by atoms with van der Waals surface area (Å²) in [5.74, 6) is 1.09. The Balaban J connectivity index is 1.83. The van der Waals surface area contributed by atoms with Gasteiger partial charge in [-0.05, 0) is 36.8 Å². The molecule has 0 unspecified atom stereocenters. The number of benzene rings is 2. The quantitative estimate of drug-likeness (QED) is 0.734. The van der Waals surface area contributed by atoms with Gasteiger partial charge >= 0.3 is 0 Å². The average molecular weight is 371 g/mol. The lowest BCUT2D eigenvalue weighted by Gasteiger charge is -2.09. The van der Waals surface area contributed by atoms with Crippen molar-refractivity contribution >= 4 is 15.9 Å². The predicted molar refractivity (Wildman–Crippen MR) is 92.3 cm³/mol. The lowest BCUT2D eigenvalue weighted by atomic mass is 10.2. The number of nitrogens with zero attached hydrogens (tertiary/aromatic N) is 2. The van der Waals surface area contributed by atoms with Crippen molar-refractivity contribution < 1.29 is 9.84 Å². The number of hydrogen-bond donors (Lipinski definition) is 1. The molecule has 1 heterocycles. The highest BCUT2D eigenvalue weighted by molar-refractivity contribution is 9.10. The summed E-state index contributed by atoms with van der Waals surface area (Å²) in [5.41, 5.74) is 2.42. The molecule has 2 aromatic carbocycles. The van der Waals surface area contributed by atoms with Gasteiger partial charge in [-0.25, -0.2) is 4.98 Å². The Bertz CT molecular complexity index is 820. The maximum absolute atomic E-state index is 9.95. The molecule has 0 amide bonds. The normalized spacial score (nSPS) is 10.5. The van der Waals surface area contributed by atoms with Crippen LogP contribution in [0.2, 0.25) is 0 Å². The first-order valence-electron chi connectivity index (χ1n) is 7.13. The summed E-state index contributed by atoms with van der Waals surface area (Å²) in [6.45, 7) is 2.29. The summed E-state index contributed by atoms with van der Waals surface area (Å²) in [6.07, 6.45) is 0. The molecule has 0 bridgehead atoms. The first kappa shape index (κ1) is 15.5. The van der Waals surface area contributed by atoms with Crippen LogP contribution in [0.1, 0.15) is 11.3 Å². The first-order chi connectivity index (χ1) is 11.1. The zero-order chi connectivity index (χ0) is 16.2. The lowest BCUT2D eigenvalue weighted by Crippen LogP contribution is -2.00. The highest BCUT2D eigenvalue weighted by atomic mass is 79.9. The van der Waals surface area contributed by atoms with Crippen LogP contribution in [0.15, 0.2) is 59.1 Å². The Hall–Kier alpha value is -2.40. The van der Waals surface area contributed by atoms with Gasteiger partial charge in [0.1, 0.15) is 12.4 Å². The molecule has 0 fully saturated rings. The second kappa shape index (κ2) is 6.79. The van der Waals surface area contributed by atoms with Crippen LogP contribution in [-0.4, -0.2) is 15.1 Å². The molecule has 0 atom stereocenters. The van der Waals surface area contributed by atoms with E-state index in [2.05, 4.69) is 25.9 Å². The minimum absolute atomic E-state index is 0.150. The van der Waals surface area contributed by atoms with Crippen LogP contribution >= 0.6 is 15.9 Å². The fourth-order valence-corrected chi connectivity index (χ4v) is 2.40. The van der Waals surface area contributed by atoms with Crippen LogP contribution in [0.5, 0.6) is 11.6 Å². The van der Waals surface area contributed by atoms with Gasteiger partial charge in [0.25, 0.3) is 0 Å². The number of hydrogen-bond acceptors (Lipinski definition) is 4. The van der Waals surface area contributed by atoms with Crippen molar-refractivity contribution in [2.24, 2.45) is 0 Å². The van der Waals surface area contributed by atoms with E-state index in [1.54, 1.807) is 24.3 Å². The van der Waals surface area contributed by atoms with E-state index in [-0.39, 0.29) is 5.75 Å². The second-order valence-corrected chi connectivity index (χ2v) is 6.02. The minimum atomic E-state index is 0.150. The van der Waals surface area contributed by atoms with Crippen molar-refractivity contribution in [2.75, 3.05) is 0 Å². The highest BCUT2D eigenvalue weighted by Crippen LogP contribution is 2.27. The zero-order valence-corrected chi connectivity index (χ0v) is 14.1. The number of ether oxygens (including phenoxy) is 1. The van der Waals surface area contributed by atoms with Gasteiger partial charge < -0.3 is 9.84 Å². The summed E-state index contributed by atoms with van der Waals surface area (Å²) < 4.78 is 6.80. The molecule has 0 aliphatic carbocycles. The molecule has 3 aromatic rings. The Labute approximate surface area is 142 Å². The largest absolute Gasteiger partial charge is 0.507 e. The van der Waals surface area contributed by atoms with Gasteiger partial charge in [-0.3, -0.25) is 0 Å². The second-order valence-electron chi connectivity index (χ2n) is 5.10. The third-order valence-corrected chi connectivity index (χ3v) is 3.80. The van der Waals surface area contributed by atoms with Gasteiger partial charge in [-0.15, -0.1) is 0 Å². The Morgan fingerprint density at radius 2 is 1.78 bits per heavy atom. The summed E-state index contributed by atoms with van der Waals surface area (Å²) in [5, 5.41) is 9.95. The van der Waals surface area contributed by atoms with Crippen molar-refractivity contribution in [3.8, 4) is 23.0 Å². The topological polar surface area (TPSA) is 55.2 Å². The van der Waals surface area contributed by atoms with Gasteiger partial charge in [0, 0.05) is 16.2 Å². The predicted octanol–water partition coefficient (Wildman–Crippen LogP) is 4.50. The van der Waals surface area contributed by atoms with Crippen LogP contribution in [0, 0.1) is 6.92 Å². The molecule has 116 valence electrons. The van der Waals surface area contributed by atoms with Crippen LogP contribution in [0.4, 0.5) is 0 Å². The summed E-state index contributed by atoms with van der Waals surface area (Å²) in [6, 6.07) is 16.7. The maximum atomic E-state index is 9.95. The third kappa shape index (κ3) is 3.87. The number of aromatic hydroxyl groups is 1. The van der Waals surface area contributed by atoms with Crippen LogP contribution in [-0.2, 0) is 6.61 Å². The van der Waals surface area contributed by atoms with Gasteiger partial charge in [0.05, 0.1) is 5.56 Å². The van der Waals surface area contributed by atoms with Crippen LogP contribution in [0.3, 0.4) is 0 Å². The Morgan fingerprint density at radius 3 is 2.52 bits per heavy atom. The molecule has 4 nitrogen and oxygen atoms in total. The summed E-state index contributed by atoms with van der Waals surface area (Å²) in [7, 11) is 0. The molecule has 0 radical (unpaired) electrons. The summed E-state index contributed by atoms with van der Waals surface area (Å²) in [4.78, 5) is 8.77. The van der Waals surface area contributed by atoms with E-state index >= 15 is 0 Å². The van der Waals surface area contributed by atoms with E-state index in [1.165, 1.54) is 0 Å². The van der Waals surface area contributed by atoms with Gasteiger partial charge in [0.2, 0.25) is 5.88 Å². The molecule has 3 rings (SSSR count). The number of phenolic OH excluding ortho intramolecular Hbond substituents is 1. The number of para-hydroxylation sites is 1. The molecule has 0 aliphatic heterocycles. The molecule has 5 heteroatoms. The number of aryl methyl sites for hydroxylation is 1. The Morgan fingerprint density at radius 1 is 1.04 bits per heavy atom. The molecular weight excluding hydrogens is 356 g/mol. The maximum Gasteiger partial charge on any atom is 0.217 e. The number of rotatable bonds is 4. The number of halogens is 1. The summed E-state index contributed by atoms with van der Waals surface area (Å²) >= 11 is 3.41. The van der Waals surface area contributed by atoms with Gasteiger partial charge in [-0.2, -0.15) is 4.98 Å². The first-order valence-corrected chi connectivity index (χ1v) is 7.92.